The van der Waals surface area contributed by atoms with Crippen LogP contribution in [0.4, 0.5) is 0 Å². The van der Waals surface area contributed by atoms with Gasteiger partial charge in [0.15, 0.2) is 0 Å². The highest BCUT2D eigenvalue weighted by atomic mass is 35.5. The van der Waals surface area contributed by atoms with Gasteiger partial charge in [0.1, 0.15) is 0 Å². The monoisotopic (exact) mass is 263 g/mol. The third-order valence-corrected chi connectivity index (χ3v) is 2.58. The van der Waals surface area contributed by atoms with Gasteiger partial charge in [-0.05, 0) is 37.1 Å². The lowest BCUT2D eigenvalue weighted by Gasteiger charge is -2.22. The van der Waals surface area contributed by atoms with Gasteiger partial charge in [0, 0.05) is 12.7 Å². The Morgan fingerprint density at radius 3 is 3.12 bits per heavy atom. The molecule has 0 saturated carbocycles. The SMILES string of the molecule is Cl.Clc1nccc(CO[C@@H]2CCCNC2)n1. The fraction of sp³-hybridized carbons (Fsp3) is 0.600. The van der Waals surface area contributed by atoms with E-state index in [1.165, 1.54) is 6.42 Å². The molecule has 0 aromatic carbocycles. The second kappa shape index (κ2) is 7.01. The van der Waals surface area contributed by atoms with Crippen molar-refractivity contribution in [1.29, 1.82) is 0 Å². The van der Waals surface area contributed by atoms with Gasteiger partial charge in [0.25, 0.3) is 0 Å². The fourth-order valence-electron chi connectivity index (χ4n) is 1.62. The van der Waals surface area contributed by atoms with Gasteiger partial charge in [-0.2, -0.15) is 0 Å². The fourth-order valence-corrected chi connectivity index (χ4v) is 1.78. The molecule has 0 unspecified atom stereocenters. The van der Waals surface area contributed by atoms with E-state index >= 15 is 0 Å². The first-order chi connectivity index (χ1) is 7.34. The molecule has 0 bridgehead atoms. The minimum Gasteiger partial charge on any atom is -0.371 e. The van der Waals surface area contributed by atoms with Crippen molar-refractivity contribution in [2.24, 2.45) is 0 Å². The second-order valence-corrected chi connectivity index (χ2v) is 3.93. The van der Waals surface area contributed by atoms with Crippen LogP contribution < -0.4 is 5.32 Å². The first kappa shape index (κ1) is 13.6. The quantitative estimate of drug-likeness (QED) is 0.846. The minimum absolute atomic E-state index is 0. The number of piperidine rings is 1. The van der Waals surface area contributed by atoms with Gasteiger partial charge in [0.2, 0.25) is 5.28 Å². The van der Waals surface area contributed by atoms with Crippen LogP contribution in [-0.4, -0.2) is 29.2 Å². The Hall–Kier alpha value is -0.420. The molecule has 0 spiro atoms. The maximum Gasteiger partial charge on any atom is 0.222 e. The van der Waals surface area contributed by atoms with Crippen LogP contribution in [0.25, 0.3) is 0 Å². The standard InChI is InChI=1S/C10H14ClN3O.ClH/c11-10-13-5-3-8(14-10)7-15-9-2-1-4-12-6-9;/h3,5,9,12H,1-2,4,6-7H2;1H/t9-;/m1./s1. The Kier molecular flexibility index (Phi) is 5.98. The number of halogens is 2. The van der Waals surface area contributed by atoms with E-state index in [9.17, 15) is 0 Å². The highest BCUT2D eigenvalue weighted by Crippen LogP contribution is 2.09. The number of nitrogens with zero attached hydrogens (tertiary/aromatic N) is 2. The van der Waals surface area contributed by atoms with E-state index in [0.717, 1.165) is 25.2 Å². The molecule has 90 valence electrons. The summed E-state index contributed by atoms with van der Waals surface area (Å²) in [5.74, 6) is 0. The largest absolute Gasteiger partial charge is 0.371 e. The highest BCUT2D eigenvalue weighted by Gasteiger charge is 2.13. The first-order valence-electron chi connectivity index (χ1n) is 5.14. The summed E-state index contributed by atoms with van der Waals surface area (Å²) in [6.45, 7) is 2.53. The van der Waals surface area contributed by atoms with E-state index in [4.69, 9.17) is 16.3 Å². The molecule has 1 saturated heterocycles. The summed E-state index contributed by atoms with van der Waals surface area (Å²) in [5.41, 5.74) is 0.834. The summed E-state index contributed by atoms with van der Waals surface area (Å²) in [6.07, 6.45) is 4.24. The van der Waals surface area contributed by atoms with Crippen molar-refractivity contribution < 1.29 is 4.74 Å². The predicted octanol–water partition coefficient (Wildman–Crippen LogP) is 1.82. The van der Waals surface area contributed by atoms with Crippen LogP contribution in [-0.2, 0) is 11.3 Å². The number of nitrogens with one attached hydrogen (secondary N) is 1. The van der Waals surface area contributed by atoms with E-state index in [-0.39, 0.29) is 17.7 Å². The molecule has 1 aromatic rings. The van der Waals surface area contributed by atoms with Crippen LogP contribution in [0.5, 0.6) is 0 Å². The molecule has 1 aromatic heterocycles. The number of hydrogen-bond donors (Lipinski definition) is 1. The first-order valence-corrected chi connectivity index (χ1v) is 5.52. The molecule has 1 N–H and O–H groups in total. The van der Waals surface area contributed by atoms with Crippen LogP contribution in [0.2, 0.25) is 5.28 Å². The molecule has 1 aliphatic heterocycles. The van der Waals surface area contributed by atoms with E-state index < -0.39 is 0 Å². The van der Waals surface area contributed by atoms with Gasteiger partial charge in [-0.15, -0.1) is 12.4 Å². The zero-order chi connectivity index (χ0) is 10.5. The summed E-state index contributed by atoms with van der Waals surface area (Å²) >= 11 is 5.68. The third-order valence-electron chi connectivity index (χ3n) is 2.40. The summed E-state index contributed by atoms with van der Waals surface area (Å²) in [5, 5.41) is 3.57. The summed E-state index contributed by atoms with van der Waals surface area (Å²) in [6, 6.07) is 1.82. The smallest absolute Gasteiger partial charge is 0.222 e. The summed E-state index contributed by atoms with van der Waals surface area (Å²) in [4.78, 5) is 7.89. The van der Waals surface area contributed by atoms with Crippen LogP contribution >= 0.6 is 24.0 Å². The molecule has 1 aliphatic rings. The highest BCUT2D eigenvalue weighted by molar-refractivity contribution is 6.28. The van der Waals surface area contributed by atoms with Gasteiger partial charge in [-0.25, -0.2) is 9.97 Å². The molecule has 1 fully saturated rings. The Balaban J connectivity index is 0.00000128. The molecule has 4 nitrogen and oxygen atoms in total. The molecule has 2 rings (SSSR count). The van der Waals surface area contributed by atoms with Crippen LogP contribution in [0, 0.1) is 0 Å². The van der Waals surface area contributed by atoms with E-state index in [2.05, 4.69) is 15.3 Å². The maximum atomic E-state index is 5.71. The Bertz CT molecular complexity index is 319. The Labute approximate surface area is 106 Å². The van der Waals surface area contributed by atoms with Crippen molar-refractivity contribution in [3.8, 4) is 0 Å². The van der Waals surface area contributed by atoms with Crippen LogP contribution in [0.1, 0.15) is 18.5 Å². The second-order valence-electron chi connectivity index (χ2n) is 3.60. The Morgan fingerprint density at radius 1 is 1.56 bits per heavy atom. The van der Waals surface area contributed by atoms with Crippen molar-refractivity contribution in [3.63, 3.8) is 0 Å². The van der Waals surface area contributed by atoms with Crippen molar-refractivity contribution >= 4 is 24.0 Å². The summed E-state index contributed by atoms with van der Waals surface area (Å²) in [7, 11) is 0. The van der Waals surface area contributed by atoms with E-state index in [1.54, 1.807) is 6.20 Å². The van der Waals surface area contributed by atoms with Gasteiger partial charge < -0.3 is 10.1 Å². The Morgan fingerprint density at radius 2 is 2.44 bits per heavy atom. The zero-order valence-electron chi connectivity index (χ0n) is 8.86. The average molecular weight is 264 g/mol. The maximum absolute atomic E-state index is 5.71. The number of aromatic nitrogens is 2. The van der Waals surface area contributed by atoms with Crippen molar-refractivity contribution in [2.45, 2.75) is 25.6 Å². The minimum atomic E-state index is 0. The molecule has 2 heterocycles. The molecule has 0 aliphatic carbocycles. The van der Waals surface area contributed by atoms with Gasteiger partial charge in [-0.3, -0.25) is 0 Å². The van der Waals surface area contributed by atoms with Crippen LogP contribution in [0.15, 0.2) is 12.3 Å². The lowest BCUT2D eigenvalue weighted by molar-refractivity contribution is 0.0236. The number of rotatable bonds is 3. The topological polar surface area (TPSA) is 47.0 Å². The molecular weight excluding hydrogens is 249 g/mol. The van der Waals surface area contributed by atoms with Gasteiger partial charge >= 0.3 is 0 Å². The van der Waals surface area contributed by atoms with Crippen molar-refractivity contribution in [3.05, 3.63) is 23.2 Å². The molecule has 1 atom stereocenters. The van der Waals surface area contributed by atoms with E-state index in [1.807, 2.05) is 6.07 Å². The third kappa shape index (κ3) is 4.22. The number of hydrogen-bond acceptors (Lipinski definition) is 4. The van der Waals surface area contributed by atoms with Gasteiger partial charge in [-0.1, -0.05) is 0 Å². The normalized spacial score (nSPS) is 20.2. The lowest BCUT2D eigenvalue weighted by atomic mass is 10.1. The number of ether oxygens (including phenoxy) is 1. The molecule has 0 amide bonds. The lowest BCUT2D eigenvalue weighted by Crippen LogP contribution is -2.35. The summed E-state index contributed by atoms with van der Waals surface area (Å²) < 4.78 is 5.71. The predicted molar refractivity (Wildman–Crippen MR) is 65.0 cm³/mol. The van der Waals surface area contributed by atoms with E-state index in [0.29, 0.717) is 12.7 Å². The zero-order valence-corrected chi connectivity index (χ0v) is 10.4. The van der Waals surface area contributed by atoms with Crippen LogP contribution in [0.3, 0.4) is 0 Å². The van der Waals surface area contributed by atoms with Gasteiger partial charge in [0.05, 0.1) is 18.4 Å². The molecular formula is C10H15Cl2N3O. The van der Waals surface area contributed by atoms with Crippen molar-refractivity contribution in [2.75, 3.05) is 13.1 Å². The molecule has 16 heavy (non-hydrogen) atoms. The van der Waals surface area contributed by atoms with Crippen molar-refractivity contribution in [1.82, 2.24) is 15.3 Å². The average Bonchev–Trinajstić information content (AvgIpc) is 2.28. The molecule has 0 radical (unpaired) electrons. The molecule has 6 heteroatoms.